The Morgan fingerprint density at radius 3 is 2.13 bits per heavy atom. The molecule has 0 aromatic carbocycles. The van der Waals surface area contributed by atoms with Gasteiger partial charge in [-0.2, -0.15) is 10.2 Å². The standard InChI is InChI=1S/C8H13IN2O.C8H14N2O/c1-2-8-7(9)6-11(10-8)4-3-5-12;1-2-8-4-6-10(9-8)5-3-7-11/h6,12H,2-5H2,1H3;4,6,11H,2-3,5,7H2,1H3. The van der Waals surface area contributed by atoms with Gasteiger partial charge in [-0.05, 0) is 54.3 Å². The van der Waals surface area contributed by atoms with Gasteiger partial charge in [0.2, 0.25) is 0 Å². The van der Waals surface area contributed by atoms with E-state index in [0.717, 1.165) is 50.2 Å². The summed E-state index contributed by atoms with van der Waals surface area (Å²) in [5.74, 6) is 0. The van der Waals surface area contributed by atoms with Crippen LogP contribution in [0.15, 0.2) is 18.5 Å². The number of aliphatic hydroxyl groups excluding tert-OH is 2. The van der Waals surface area contributed by atoms with Crippen LogP contribution in [0.25, 0.3) is 0 Å². The zero-order valence-corrected chi connectivity index (χ0v) is 16.1. The minimum atomic E-state index is 0.234. The quantitative estimate of drug-likeness (QED) is 0.626. The van der Waals surface area contributed by atoms with Gasteiger partial charge < -0.3 is 10.2 Å². The highest BCUT2D eigenvalue weighted by atomic mass is 127. The number of rotatable bonds is 8. The van der Waals surface area contributed by atoms with Crippen LogP contribution in [0.3, 0.4) is 0 Å². The highest BCUT2D eigenvalue weighted by molar-refractivity contribution is 14.1. The Hall–Kier alpha value is -0.930. The second-order valence-electron chi connectivity index (χ2n) is 5.12. The van der Waals surface area contributed by atoms with Gasteiger partial charge in [-0.3, -0.25) is 9.36 Å². The molecule has 0 fully saturated rings. The van der Waals surface area contributed by atoms with Gasteiger partial charge >= 0.3 is 0 Å². The number of hydrogen-bond acceptors (Lipinski definition) is 4. The fourth-order valence-corrected chi connectivity index (χ4v) is 2.78. The minimum absolute atomic E-state index is 0.234. The van der Waals surface area contributed by atoms with Crippen LogP contribution in [-0.2, 0) is 25.9 Å². The molecule has 0 atom stereocenters. The molecule has 0 aliphatic heterocycles. The third-order valence-corrected chi connectivity index (χ3v) is 4.17. The van der Waals surface area contributed by atoms with Gasteiger partial charge in [-0.15, -0.1) is 0 Å². The predicted octanol–water partition coefficient (Wildman–Crippen LogP) is 2.26. The van der Waals surface area contributed by atoms with E-state index < -0.39 is 0 Å². The summed E-state index contributed by atoms with van der Waals surface area (Å²) < 4.78 is 4.99. The van der Waals surface area contributed by atoms with Crippen molar-refractivity contribution in [1.29, 1.82) is 0 Å². The van der Waals surface area contributed by atoms with Crippen molar-refractivity contribution < 1.29 is 10.2 Å². The molecule has 2 aromatic rings. The summed E-state index contributed by atoms with van der Waals surface area (Å²) in [5, 5.41) is 25.8. The van der Waals surface area contributed by atoms with Gasteiger partial charge in [-0.25, -0.2) is 0 Å². The second-order valence-corrected chi connectivity index (χ2v) is 6.28. The van der Waals surface area contributed by atoms with Crippen LogP contribution in [0.1, 0.15) is 38.1 Å². The largest absolute Gasteiger partial charge is 0.396 e. The molecule has 7 heteroatoms. The molecule has 2 aromatic heterocycles. The van der Waals surface area contributed by atoms with Crippen LogP contribution in [-0.4, -0.2) is 43.0 Å². The van der Waals surface area contributed by atoms with E-state index in [1.165, 1.54) is 3.57 Å². The molecule has 23 heavy (non-hydrogen) atoms. The molecule has 0 saturated heterocycles. The van der Waals surface area contributed by atoms with Crippen molar-refractivity contribution in [2.24, 2.45) is 0 Å². The van der Waals surface area contributed by atoms with Crippen molar-refractivity contribution in [3.05, 3.63) is 33.4 Å². The van der Waals surface area contributed by atoms with Crippen molar-refractivity contribution in [3.63, 3.8) is 0 Å². The maximum absolute atomic E-state index is 8.62. The fraction of sp³-hybridized carbons (Fsp3) is 0.625. The highest BCUT2D eigenvalue weighted by Crippen LogP contribution is 2.10. The first kappa shape index (κ1) is 20.1. The van der Waals surface area contributed by atoms with E-state index in [4.69, 9.17) is 10.2 Å². The topological polar surface area (TPSA) is 76.1 Å². The number of hydrogen-bond donors (Lipinski definition) is 2. The Morgan fingerprint density at radius 2 is 1.65 bits per heavy atom. The molecule has 0 bridgehead atoms. The molecule has 0 aliphatic rings. The smallest absolute Gasteiger partial charge is 0.0755 e. The number of aromatic nitrogens is 4. The second kappa shape index (κ2) is 11.6. The average molecular weight is 434 g/mol. The zero-order valence-electron chi connectivity index (χ0n) is 14.0. The van der Waals surface area contributed by atoms with Crippen molar-refractivity contribution in [2.45, 2.75) is 52.6 Å². The molecular weight excluding hydrogens is 407 g/mol. The Balaban J connectivity index is 0.000000231. The first-order valence-corrected chi connectivity index (χ1v) is 9.18. The van der Waals surface area contributed by atoms with Gasteiger partial charge in [0.05, 0.1) is 15.0 Å². The SMILES string of the molecule is CCc1ccn(CCCO)n1.CCc1nn(CCCO)cc1I. The van der Waals surface area contributed by atoms with Gasteiger partial charge in [-0.1, -0.05) is 13.8 Å². The van der Waals surface area contributed by atoms with Gasteiger partial charge in [0.15, 0.2) is 0 Å². The molecule has 130 valence electrons. The summed E-state index contributed by atoms with van der Waals surface area (Å²) in [6, 6.07) is 2.01. The van der Waals surface area contributed by atoms with E-state index in [9.17, 15) is 0 Å². The van der Waals surface area contributed by atoms with Gasteiger partial charge in [0.25, 0.3) is 0 Å². The molecule has 0 amide bonds. The normalized spacial score (nSPS) is 10.5. The van der Waals surface area contributed by atoms with Crippen LogP contribution >= 0.6 is 22.6 Å². The molecule has 0 unspecified atom stereocenters. The lowest BCUT2D eigenvalue weighted by Gasteiger charge is -1.96. The maximum Gasteiger partial charge on any atom is 0.0755 e. The Kier molecular flexibility index (Phi) is 10.1. The first-order chi connectivity index (χ1) is 11.1. The lowest BCUT2D eigenvalue weighted by Crippen LogP contribution is -2.00. The van der Waals surface area contributed by atoms with Crippen molar-refractivity contribution in [3.8, 4) is 0 Å². The summed E-state index contributed by atoms with van der Waals surface area (Å²) in [6.07, 6.45) is 7.49. The third-order valence-electron chi connectivity index (χ3n) is 3.27. The molecule has 0 saturated carbocycles. The maximum atomic E-state index is 8.62. The number of aryl methyl sites for hydroxylation is 4. The van der Waals surface area contributed by atoms with Crippen molar-refractivity contribution in [1.82, 2.24) is 19.6 Å². The van der Waals surface area contributed by atoms with E-state index in [0.29, 0.717) is 0 Å². The van der Waals surface area contributed by atoms with Gasteiger partial charge in [0, 0.05) is 38.7 Å². The summed E-state index contributed by atoms with van der Waals surface area (Å²) in [7, 11) is 0. The summed E-state index contributed by atoms with van der Waals surface area (Å²) in [4.78, 5) is 0. The zero-order chi connectivity index (χ0) is 17.1. The molecule has 6 nitrogen and oxygen atoms in total. The van der Waals surface area contributed by atoms with E-state index in [1.54, 1.807) is 0 Å². The van der Waals surface area contributed by atoms with E-state index >= 15 is 0 Å². The average Bonchev–Trinajstić information content (AvgIpc) is 3.17. The molecule has 0 radical (unpaired) electrons. The van der Waals surface area contributed by atoms with Crippen LogP contribution in [0.4, 0.5) is 0 Å². The third kappa shape index (κ3) is 7.45. The fourth-order valence-electron chi connectivity index (χ4n) is 1.97. The van der Waals surface area contributed by atoms with Gasteiger partial charge in [0.1, 0.15) is 0 Å². The Morgan fingerprint density at radius 1 is 1.00 bits per heavy atom. The molecule has 2 rings (SSSR count). The molecule has 0 aliphatic carbocycles. The Bertz CT molecular complexity index is 554. The summed E-state index contributed by atoms with van der Waals surface area (Å²) in [5.41, 5.74) is 2.26. The summed E-state index contributed by atoms with van der Waals surface area (Å²) in [6.45, 7) is 6.28. The van der Waals surface area contributed by atoms with Crippen molar-refractivity contribution in [2.75, 3.05) is 13.2 Å². The van der Waals surface area contributed by atoms with Crippen LogP contribution in [0.5, 0.6) is 0 Å². The Labute approximate surface area is 151 Å². The van der Waals surface area contributed by atoms with Crippen LogP contribution in [0, 0.1) is 3.57 Å². The monoisotopic (exact) mass is 434 g/mol. The van der Waals surface area contributed by atoms with Crippen molar-refractivity contribution >= 4 is 22.6 Å². The van der Waals surface area contributed by atoms with Crippen LogP contribution < -0.4 is 0 Å². The summed E-state index contributed by atoms with van der Waals surface area (Å²) >= 11 is 2.29. The lowest BCUT2D eigenvalue weighted by molar-refractivity contribution is 0.276. The van der Waals surface area contributed by atoms with E-state index in [2.05, 4.69) is 46.6 Å². The van der Waals surface area contributed by atoms with Crippen LogP contribution in [0.2, 0.25) is 0 Å². The number of halogens is 1. The number of nitrogens with zero attached hydrogens (tertiary/aromatic N) is 4. The molecular formula is C16H27IN4O2. The van der Waals surface area contributed by atoms with E-state index in [-0.39, 0.29) is 13.2 Å². The first-order valence-electron chi connectivity index (χ1n) is 8.10. The lowest BCUT2D eigenvalue weighted by atomic mass is 10.3. The molecule has 2 N–H and O–H groups in total. The minimum Gasteiger partial charge on any atom is -0.396 e. The highest BCUT2D eigenvalue weighted by Gasteiger charge is 2.02. The van der Waals surface area contributed by atoms with E-state index in [1.807, 2.05) is 27.8 Å². The molecule has 2 heterocycles. The molecule has 0 spiro atoms. The predicted molar refractivity (Wildman–Crippen MR) is 99.3 cm³/mol. The number of aliphatic hydroxyl groups is 2.